The lowest BCUT2D eigenvalue weighted by Crippen LogP contribution is -2.45. The molecule has 1 aliphatic heterocycles. The molecule has 1 aromatic heterocycles. The molecule has 0 aliphatic carbocycles. The van der Waals surface area contributed by atoms with Crippen molar-refractivity contribution in [2.75, 3.05) is 26.8 Å². The second kappa shape index (κ2) is 6.74. The second-order valence-electron chi connectivity index (χ2n) is 5.33. The minimum atomic E-state index is 0.00563. The maximum atomic E-state index is 12.1. The van der Waals surface area contributed by atoms with E-state index in [0.29, 0.717) is 19.7 Å². The largest absolute Gasteiger partial charge is 0.383 e. The highest BCUT2D eigenvalue weighted by molar-refractivity contribution is 5.74. The molecular formula is C14H24N4O2. The van der Waals surface area contributed by atoms with Gasteiger partial charge in [0.15, 0.2) is 0 Å². The Bertz CT molecular complexity index is 458. The number of nitrogens with zero attached hydrogens (tertiary/aromatic N) is 3. The van der Waals surface area contributed by atoms with Crippen molar-refractivity contribution < 1.29 is 9.53 Å². The van der Waals surface area contributed by atoms with Crippen LogP contribution in [0.25, 0.3) is 0 Å². The number of urea groups is 1. The van der Waals surface area contributed by atoms with Crippen molar-refractivity contribution in [1.29, 1.82) is 0 Å². The molecule has 1 N–H and O–H groups in total. The smallest absolute Gasteiger partial charge is 0.317 e. The Morgan fingerprint density at radius 1 is 1.55 bits per heavy atom. The maximum Gasteiger partial charge on any atom is 0.317 e. The summed E-state index contributed by atoms with van der Waals surface area (Å²) in [4.78, 5) is 14.0. The zero-order chi connectivity index (χ0) is 14.5. The van der Waals surface area contributed by atoms with E-state index in [9.17, 15) is 4.79 Å². The fraction of sp³-hybridized carbons (Fsp3) is 0.714. The summed E-state index contributed by atoms with van der Waals surface area (Å²) in [5.41, 5.74) is 2.13. The quantitative estimate of drug-likeness (QED) is 0.885. The Morgan fingerprint density at radius 3 is 3.00 bits per heavy atom. The lowest BCUT2D eigenvalue weighted by Gasteiger charge is -2.24. The number of aryl methyl sites for hydroxylation is 2. The highest BCUT2D eigenvalue weighted by Crippen LogP contribution is 2.17. The first-order valence-electron chi connectivity index (χ1n) is 7.16. The van der Waals surface area contributed by atoms with Crippen LogP contribution in [0, 0.1) is 13.8 Å². The molecular weight excluding hydrogens is 256 g/mol. The number of nitrogens with one attached hydrogen (secondary N) is 1. The van der Waals surface area contributed by atoms with Crippen LogP contribution in [0.1, 0.15) is 24.2 Å². The molecule has 20 heavy (non-hydrogen) atoms. The van der Waals surface area contributed by atoms with Crippen molar-refractivity contribution >= 4 is 6.03 Å². The molecule has 0 spiro atoms. The van der Waals surface area contributed by atoms with E-state index in [1.807, 2.05) is 29.5 Å². The summed E-state index contributed by atoms with van der Waals surface area (Å²) in [5, 5.41) is 7.35. The molecule has 6 nitrogen and oxygen atoms in total. The fourth-order valence-corrected chi connectivity index (χ4v) is 2.74. The predicted octanol–water partition coefficient (Wildman–Crippen LogP) is 1.32. The summed E-state index contributed by atoms with van der Waals surface area (Å²) in [6.45, 7) is 6.73. The van der Waals surface area contributed by atoms with Gasteiger partial charge in [-0.05, 0) is 32.8 Å². The molecule has 112 valence electrons. The molecule has 6 heteroatoms. The van der Waals surface area contributed by atoms with Crippen LogP contribution in [0.5, 0.6) is 0 Å². The van der Waals surface area contributed by atoms with E-state index in [2.05, 4.69) is 10.4 Å². The van der Waals surface area contributed by atoms with E-state index in [1.54, 1.807) is 7.11 Å². The summed E-state index contributed by atoms with van der Waals surface area (Å²) < 4.78 is 7.09. The number of ether oxygens (including phenoxy) is 1. The Balaban J connectivity index is 1.79. The van der Waals surface area contributed by atoms with E-state index < -0.39 is 0 Å². The molecule has 2 heterocycles. The van der Waals surface area contributed by atoms with E-state index in [4.69, 9.17) is 4.74 Å². The minimum absolute atomic E-state index is 0.00563. The SMILES string of the molecule is COC[C@@H]1CCCN1C(=O)NCCn1nc(C)cc1C. The van der Waals surface area contributed by atoms with Gasteiger partial charge in [-0.15, -0.1) is 0 Å². The molecule has 0 aromatic carbocycles. The summed E-state index contributed by atoms with van der Waals surface area (Å²) in [6, 6.07) is 2.26. The first kappa shape index (κ1) is 14.8. The maximum absolute atomic E-state index is 12.1. The van der Waals surface area contributed by atoms with Crippen molar-refractivity contribution in [1.82, 2.24) is 20.0 Å². The lowest BCUT2D eigenvalue weighted by atomic mass is 10.2. The molecule has 2 amide bonds. The number of likely N-dealkylation sites (tertiary alicyclic amines) is 1. The Morgan fingerprint density at radius 2 is 2.35 bits per heavy atom. The van der Waals surface area contributed by atoms with Gasteiger partial charge in [0.2, 0.25) is 0 Å². The van der Waals surface area contributed by atoms with Crippen LogP contribution < -0.4 is 5.32 Å². The Hall–Kier alpha value is -1.56. The molecule has 1 fully saturated rings. The highest BCUT2D eigenvalue weighted by Gasteiger charge is 2.28. The molecule has 0 unspecified atom stereocenters. The van der Waals surface area contributed by atoms with Gasteiger partial charge in [0.05, 0.1) is 24.9 Å². The van der Waals surface area contributed by atoms with Gasteiger partial charge in [0, 0.05) is 25.9 Å². The molecule has 2 rings (SSSR count). The standard InChI is InChI=1S/C14H24N4O2/c1-11-9-12(2)18(16-11)8-6-15-14(19)17-7-4-5-13(17)10-20-3/h9,13H,4-8,10H2,1-3H3,(H,15,19)/t13-/m0/s1. The number of aromatic nitrogens is 2. The predicted molar refractivity (Wildman–Crippen MR) is 76.7 cm³/mol. The third-order valence-corrected chi connectivity index (χ3v) is 3.70. The molecule has 1 atom stereocenters. The van der Waals surface area contributed by atoms with Crippen molar-refractivity contribution in [2.24, 2.45) is 0 Å². The van der Waals surface area contributed by atoms with Crippen LogP contribution in [0.2, 0.25) is 0 Å². The van der Waals surface area contributed by atoms with Crippen molar-refractivity contribution in [3.8, 4) is 0 Å². The summed E-state index contributed by atoms with van der Waals surface area (Å²) in [7, 11) is 1.68. The van der Waals surface area contributed by atoms with E-state index in [-0.39, 0.29) is 12.1 Å². The number of hydrogen-bond acceptors (Lipinski definition) is 3. The van der Waals surface area contributed by atoms with Crippen LogP contribution in [-0.2, 0) is 11.3 Å². The third kappa shape index (κ3) is 3.50. The van der Waals surface area contributed by atoms with Crippen LogP contribution in [-0.4, -0.2) is 53.6 Å². The lowest BCUT2D eigenvalue weighted by molar-refractivity contribution is 0.123. The molecule has 1 saturated heterocycles. The molecule has 0 radical (unpaired) electrons. The van der Waals surface area contributed by atoms with Crippen LogP contribution in [0.3, 0.4) is 0 Å². The number of rotatable bonds is 5. The van der Waals surface area contributed by atoms with E-state index in [1.165, 1.54) is 0 Å². The average Bonchev–Trinajstić information content (AvgIpc) is 2.97. The number of methoxy groups -OCH3 is 1. The van der Waals surface area contributed by atoms with Gasteiger partial charge in [-0.3, -0.25) is 4.68 Å². The van der Waals surface area contributed by atoms with Gasteiger partial charge >= 0.3 is 6.03 Å². The third-order valence-electron chi connectivity index (χ3n) is 3.70. The van der Waals surface area contributed by atoms with E-state index in [0.717, 1.165) is 30.8 Å². The van der Waals surface area contributed by atoms with Gasteiger partial charge in [-0.25, -0.2) is 4.79 Å². The topological polar surface area (TPSA) is 59.4 Å². The Labute approximate surface area is 120 Å². The molecule has 1 aliphatic rings. The monoisotopic (exact) mass is 280 g/mol. The summed E-state index contributed by atoms with van der Waals surface area (Å²) in [5.74, 6) is 0. The summed E-state index contributed by atoms with van der Waals surface area (Å²) >= 11 is 0. The average molecular weight is 280 g/mol. The van der Waals surface area contributed by atoms with Crippen molar-refractivity contribution in [3.05, 3.63) is 17.5 Å². The van der Waals surface area contributed by atoms with Crippen LogP contribution in [0.4, 0.5) is 4.79 Å². The van der Waals surface area contributed by atoms with Gasteiger partial charge in [0.25, 0.3) is 0 Å². The van der Waals surface area contributed by atoms with Gasteiger partial charge in [-0.1, -0.05) is 0 Å². The minimum Gasteiger partial charge on any atom is -0.383 e. The second-order valence-corrected chi connectivity index (χ2v) is 5.33. The molecule has 0 bridgehead atoms. The van der Waals surface area contributed by atoms with Gasteiger partial charge < -0.3 is 15.0 Å². The number of amides is 2. The van der Waals surface area contributed by atoms with Crippen molar-refractivity contribution in [2.45, 2.75) is 39.3 Å². The zero-order valence-corrected chi connectivity index (χ0v) is 12.6. The Kier molecular flexibility index (Phi) is 5.00. The molecule has 0 saturated carbocycles. The van der Waals surface area contributed by atoms with Gasteiger partial charge in [-0.2, -0.15) is 5.10 Å². The van der Waals surface area contributed by atoms with E-state index >= 15 is 0 Å². The first-order chi connectivity index (χ1) is 9.61. The number of carbonyl (C=O) groups is 1. The van der Waals surface area contributed by atoms with Crippen molar-refractivity contribution in [3.63, 3.8) is 0 Å². The van der Waals surface area contributed by atoms with Crippen LogP contribution in [0.15, 0.2) is 6.07 Å². The number of carbonyl (C=O) groups excluding carboxylic acids is 1. The highest BCUT2D eigenvalue weighted by atomic mass is 16.5. The fourth-order valence-electron chi connectivity index (χ4n) is 2.74. The van der Waals surface area contributed by atoms with Crippen LogP contribution >= 0.6 is 0 Å². The normalized spacial score (nSPS) is 18.6. The summed E-state index contributed by atoms with van der Waals surface area (Å²) in [6.07, 6.45) is 2.08. The zero-order valence-electron chi connectivity index (χ0n) is 12.6. The van der Waals surface area contributed by atoms with Gasteiger partial charge in [0.1, 0.15) is 0 Å². The number of hydrogen-bond donors (Lipinski definition) is 1. The molecule has 1 aromatic rings. The first-order valence-corrected chi connectivity index (χ1v) is 7.16.